The van der Waals surface area contributed by atoms with Gasteiger partial charge in [-0.05, 0) is 55.3 Å². The lowest BCUT2D eigenvalue weighted by molar-refractivity contribution is -0.0514. The van der Waals surface area contributed by atoms with Crippen LogP contribution >= 0.6 is 0 Å². The highest BCUT2D eigenvalue weighted by Crippen LogP contribution is 2.30. The smallest absolute Gasteiger partial charge is 0.387 e. The number of carbonyl (C=O) groups excluding carboxylic acids is 1. The number of benzene rings is 2. The van der Waals surface area contributed by atoms with Crippen molar-refractivity contribution in [2.45, 2.75) is 27.0 Å². The molecule has 0 saturated heterocycles. The Labute approximate surface area is 161 Å². The fourth-order valence-electron chi connectivity index (χ4n) is 2.71. The van der Waals surface area contributed by atoms with E-state index in [4.69, 9.17) is 9.84 Å². The molecule has 1 amide bonds. The molecule has 1 N–H and O–H groups in total. The molecule has 150 valence electrons. The van der Waals surface area contributed by atoms with E-state index in [2.05, 4.69) is 4.74 Å². The van der Waals surface area contributed by atoms with Gasteiger partial charge in [0, 0.05) is 19.2 Å². The standard InChI is InChI=1S/C20H21F2NO5/c1-4-27-17-9-13(5-6-16(17)28-20(21)22)11-23(3)18(24)14-7-12(2)8-15(10-14)19(25)26/h5-10,20H,4,11H2,1-3H3,(H,25,26). The second kappa shape index (κ2) is 9.16. The molecule has 0 atom stereocenters. The molecule has 0 saturated carbocycles. The van der Waals surface area contributed by atoms with E-state index < -0.39 is 12.6 Å². The first kappa shape index (κ1) is 21.1. The first-order valence-corrected chi connectivity index (χ1v) is 8.52. The number of alkyl halides is 2. The molecule has 0 spiro atoms. The maximum Gasteiger partial charge on any atom is 0.387 e. The maximum atomic E-state index is 12.7. The van der Waals surface area contributed by atoms with Gasteiger partial charge in [-0.3, -0.25) is 4.79 Å². The summed E-state index contributed by atoms with van der Waals surface area (Å²) in [5, 5.41) is 9.15. The molecule has 0 aliphatic carbocycles. The van der Waals surface area contributed by atoms with E-state index in [1.807, 2.05) is 0 Å². The lowest BCUT2D eigenvalue weighted by atomic mass is 10.1. The topological polar surface area (TPSA) is 76.1 Å². The van der Waals surface area contributed by atoms with Gasteiger partial charge in [-0.2, -0.15) is 8.78 Å². The van der Waals surface area contributed by atoms with E-state index in [0.29, 0.717) is 11.1 Å². The van der Waals surface area contributed by atoms with Gasteiger partial charge in [0.05, 0.1) is 12.2 Å². The summed E-state index contributed by atoms with van der Waals surface area (Å²) in [6.45, 7) is 0.883. The number of hydrogen-bond acceptors (Lipinski definition) is 4. The highest BCUT2D eigenvalue weighted by Gasteiger charge is 2.17. The first-order chi connectivity index (χ1) is 13.2. The third-order valence-corrected chi connectivity index (χ3v) is 3.86. The van der Waals surface area contributed by atoms with Crippen molar-refractivity contribution in [1.82, 2.24) is 4.90 Å². The third-order valence-electron chi connectivity index (χ3n) is 3.86. The van der Waals surface area contributed by atoms with Gasteiger partial charge in [-0.15, -0.1) is 0 Å². The van der Waals surface area contributed by atoms with E-state index in [0.717, 1.165) is 0 Å². The lowest BCUT2D eigenvalue weighted by Crippen LogP contribution is -2.26. The highest BCUT2D eigenvalue weighted by molar-refractivity contribution is 5.97. The van der Waals surface area contributed by atoms with Crippen LogP contribution in [0.1, 0.15) is 38.8 Å². The Hall–Kier alpha value is -3.16. The van der Waals surface area contributed by atoms with Gasteiger partial charge < -0.3 is 19.5 Å². The molecule has 2 aromatic carbocycles. The summed E-state index contributed by atoms with van der Waals surface area (Å²) < 4.78 is 34.8. The average Bonchev–Trinajstić information content (AvgIpc) is 2.62. The molecular weight excluding hydrogens is 372 g/mol. The molecule has 6 nitrogen and oxygen atoms in total. The molecule has 0 heterocycles. The van der Waals surface area contributed by atoms with Gasteiger partial charge in [0.2, 0.25) is 0 Å². The van der Waals surface area contributed by atoms with Crippen LogP contribution in [0.3, 0.4) is 0 Å². The molecule has 0 unspecified atom stereocenters. The average molecular weight is 393 g/mol. The van der Waals surface area contributed by atoms with Crippen LogP contribution in [0.2, 0.25) is 0 Å². The Morgan fingerprint density at radius 1 is 1.11 bits per heavy atom. The van der Waals surface area contributed by atoms with Crippen LogP contribution in [0.5, 0.6) is 11.5 Å². The van der Waals surface area contributed by atoms with Gasteiger partial charge in [0.25, 0.3) is 5.91 Å². The summed E-state index contributed by atoms with van der Waals surface area (Å²) in [6, 6.07) is 8.86. The van der Waals surface area contributed by atoms with E-state index in [1.165, 1.54) is 29.2 Å². The molecule has 0 aliphatic heterocycles. The van der Waals surface area contributed by atoms with Crippen molar-refractivity contribution in [2.75, 3.05) is 13.7 Å². The number of aromatic carboxylic acids is 1. The van der Waals surface area contributed by atoms with Crippen molar-refractivity contribution in [3.05, 3.63) is 58.7 Å². The lowest BCUT2D eigenvalue weighted by Gasteiger charge is -2.19. The number of amides is 1. The Morgan fingerprint density at radius 3 is 2.39 bits per heavy atom. The van der Waals surface area contributed by atoms with Crippen LogP contribution in [0.25, 0.3) is 0 Å². The second-order valence-electron chi connectivity index (χ2n) is 6.15. The van der Waals surface area contributed by atoms with Crippen molar-refractivity contribution in [3.63, 3.8) is 0 Å². The number of carboxylic acid groups (broad SMARTS) is 1. The molecule has 0 bridgehead atoms. The van der Waals surface area contributed by atoms with Gasteiger partial charge in [0.15, 0.2) is 11.5 Å². The molecule has 8 heteroatoms. The van der Waals surface area contributed by atoms with E-state index in [-0.39, 0.29) is 41.7 Å². The monoisotopic (exact) mass is 393 g/mol. The quantitative estimate of drug-likeness (QED) is 0.735. The van der Waals surface area contributed by atoms with E-state index >= 15 is 0 Å². The largest absolute Gasteiger partial charge is 0.490 e. The predicted molar refractivity (Wildman–Crippen MR) is 98.2 cm³/mol. The Kier molecular flexibility index (Phi) is 6.92. The van der Waals surface area contributed by atoms with Crippen LogP contribution in [0.15, 0.2) is 36.4 Å². The van der Waals surface area contributed by atoms with Gasteiger partial charge in [-0.25, -0.2) is 4.79 Å². The zero-order chi connectivity index (χ0) is 20.8. The number of rotatable bonds is 8. The van der Waals surface area contributed by atoms with Gasteiger partial charge >= 0.3 is 12.6 Å². The highest BCUT2D eigenvalue weighted by atomic mass is 19.3. The Bertz CT molecular complexity index is 870. The molecule has 2 aromatic rings. The number of hydrogen-bond donors (Lipinski definition) is 1. The fraction of sp³-hybridized carbons (Fsp3) is 0.300. The molecular formula is C20H21F2NO5. The summed E-state index contributed by atoms with van der Waals surface area (Å²) in [4.78, 5) is 25.3. The zero-order valence-corrected chi connectivity index (χ0v) is 15.7. The molecule has 0 aromatic heterocycles. The summed E-state index contributed by atoms with van der Waals surface area (Å²) >= 11 is 0. The minimum absolute atomic E-state index is 0.0314. The van der Waals surface area contributed by atoms with E-state index in [9.17, 15) is 18.4 Å². The summed E-state index contributed by atoms with van der Waals surface area (Å²) in [5.41, 5.74) is 1.59. The van der Waals surface area contributed by atoms with Crippen molar-refractivity contribution < 1.29 is 33.0 Å². The summed E-state index contributed by atoms with van der Waals surface area (Å²) in [7, 11) is 1.56. The van der Waals surface area contributed by atoms with Gasteiger partial charge in [-0.1, -0.05) is 6.07 Å². The van der Waals surface area contributed by atoms with Crippen molar-refractivity contribution in [2.24, 2.45) is 0 Å². The molecule has 2 rings (SSSR count). The Morgan fingerprint density at radius 2 is 1.79 bits per heavy atom. The second-order valence-corrected chi connectivity index (χ2v) is 6.15. The predicted octanol–water partition coefficient (Wildman–Crippen LogP) is 3.97. The third kappa shape index (κ3) is 5.42. The minimum atomic E-state index is -2.97. The number of ether oxygens (including phenoxy) is 2. The van der Waals surface area contributed by atoms with Crippen molar-refractivity contribution in [3.8, 4) is 11.5 Å². The Balaban J connectivity index is 2.22. The first-order valence-electron chi connectivity index (χ1n) is 8.52. The van der Waals surface area contributed by atoms with Crippen LogP contribution in [-0.2, 0) is 6.54 Å². The number of halogens is 2. The number of carbonyl (C=O) groups is 2. The normalized spacial score (nSPS) is 10.6. The molecule has 0 radical (unpaired) electrons. The minimum Gasteiger partial charge on any atom is -0.490 e. The maximum absolute atomic E-state index is 12.7. The molecule has 0 fully saturated rings. The number of carboxylic acids is 1. The number of aryl methyl sites for hydroxylation is 1. The van der Waals surface area contributed by atoms with Crippen molar-refractivity contribution in [1.29, 1.82) is 0 Å². The van der Waals surface area contributed by atoms with Crippen LogP contribution in [0.4, 0.5) is 8.78 Å². The van der Waals surface area contributed by atoms with Crippen molar-refractivity contribution >= 4 is 11.9 Å². The summed E-state index contributed by atoms with van der Waals surface area (Å²) in [6.07, 6.45) is 0. The van der Waals surface area contributed by atoms with Crippen LogP contribution in [0, 0.1) is 6.92 Å². The van der Waals surface area contributed by atoms with Crippen LogP contribution in [-0.4, -0.2) is 42.1 Å². The molecule has 0 aliphatic rings. The zero-order valence-electron chi connectivity index (χ0n) is 15.7. The number of nitrogens with zero attached hydrogens (tertiary/aromatic N) is 1. The SMILES string of the molecule is CCOc1cc(CN(C)C(=O)c2cc(C)cc(C(=O)O)c2)ccc1OC(F)F. The molecule has 28 heavy (non-hydrogen) atoms. The van der Waals surface area contributed by atoms with Crippen LogP contribution < -0.4 is 9.47 Å². The van der Waals surface area contributed by atoms with E-state index in [1.54, 1.807) is 33.0 Å². The van der Waals surface area contributed by atoms with Gasteiger partial charge in [0.1, 0.15) is 0 Å². The summed E-state index contributed by atoms with van der Waals surface area (Å²) in [5.74, 6) is -1.40. The fourth-order valence-corrected chi connectivity index (χ4v) is 2.71.